The molecule has 0 unspecified atom stereocenters. The number of rotatable bonds is 4. The first-order valence-corrected chi connectivity index (χ1v) is 9.43. The Morgan fingerprint density at radius 1 is 1.41 bits per heavy atom. The summed E-state index contributed by atoms with van der Waals surface area (Å²) >= 11 is 8.23. The average Bonchev–Trinajstić information content (AvgIpc) is 2.83. The van der Waals surface area contributed by atoms with Crippen LogP contribution in [0.25, 0.3) is 0 Å². The van der Waals surface area contributed by atoms with Gasteiger partial charge in [-0.3, -0.25) is 10.00 Å². The van der Waals surface area contributed by atoms with Gasteiger partial charge < -0.3 is 9.64 Å². The van der Waals surface area contributed by atoms with Gasteiger partial charge in [-0.2, -0.15) is 5.10 Å². The lowest BCUT2D eigenvalue weighted by atomic mass is 10.2. The molecule has 124 valence electrons. The lowest BCUT2D eigenvalue weighted by molar-refractivity contribution is 0.0150. The molecule has 1 aromatic rings. The largest absolute Gasteiger partial charge is 0.444 e. The summed E-state index contributed by atoms with van der Waals surface area (Å²) < 4.78 is 7.10. The fourth-order valence-electron chi connectivity index (χ4n) is 2.02. The third kappa shape index (κ3) is 5.86. The van der Waals surface area contributed by atoms with Gasteiger partial charge in [0.05, 0.1) is 0 Å². The topological polar surface area (TPSA) is 61.5 Å². The van der Waals surface area contributed by atoms with Crippen molar-refractivity contribution in [3.05, 3.63) is 3.95 Å². The Bertz CT molecular complexity index is 544. The van der Waals surface area contributed by atoms with Crippen molar-refractivity contribution in [2.75, 3.05) is 38.5 Å². The molecule has 6 nitrogen and oxygen atoms in total. The molecule has 0 saturated carbocycles. The van der Waals surface area contributed by atoms with Crippen LogP contribution < -0.4 is 0 Å². The Morgan fingerprint density at radius 3 is 2.64 bits per heavy atom. The van der Waals surface area contributed by atoms with Crippen LogP contribution in [0.5, 0.6) is 0 Å². The monoisotopic (exact) mass is 362 g/mol. The van der Waals surface area contributed by atoms with Gasteiger partial charge in [-0.15, -0.1) is 0 Å². The first kappa shape index (κ1) is 17.7. The van der Waals surface area contributed by atoms with E-state index >= 15 is 0 Å². The summed E-state index contributed by atoms with van der Waals surface area (Å²) in [6, 6.07) is 0. The van der Waals surface area contributed by atoms with Crippen LogP contribution in [0.3, 0.4) is 0 Å². The Balaban J connectivity index is 1.66. The van der Waals surface area contributed by atoms with Crippen molar-refractivity contribution in [2.45, 2.75) is 30.7 Å². The van der Waals surface area contributed by atoms with Gasteiger partial charge in [-0.05, 0) is 33.0 Å². The average molecular weight is 363 g/mol. The van der Waals surface area contributed by atoms with Gasteiger partial charge in [0.1, 0.15) is 5.60 Å². The molecule has 2 rings (SSSR count). The molecule has 0 aromatic carbocycles. The summed E-state index contributed by atoms with van der Waals surface area (Å²) in [5.41, 5.74) is -0.431. The van der Waals surface area contributed by atoms with Crippen LogP contribution in [0, 0.1) is 3.95 Å². The second-order valence-corrected chi connectivity index (χ2v) is 9.04. The van der Waals surface area contributed by atoms with Crippen molar-refractivity contribution in [1.29, 1.82) is 0 Å². The lowest BCUT2D eigenvalue weighted by Gasteiger charge is -2.35. The Labute approximate surface area is 144 Å². The van der Waals surface area contributed by atoms with Gasteiger partial charge in [-0.25, -0.2) is 4.79 Å². The van der Waals surface area contributed by atoms with E-state index in [1.165, 1.54) is 11.3 Å². The van der Waals surface area contributed by atoms with Crippen LogP contribution in [0.2, 0.25) is 0 Å². The van der Waals surface area contributed by atoms with E-state index in [1.54, 1.807) is 16.7 Å². The molecule has 2 heterocycles. The van der Waals surface area contributed by atoms with Gasteiger partial charge in [-0.1, -0.05) is 23.1 Å². The molecule has 1 saturated heterocycles. The number of hydrogen-bond donors (Lipinski definition) is 1. The molecule has 22 heavy (non-hydrogen) atoms. The molecule has 1 amide bonds. The molecule has 1 aliphatic heterocycles. The molecule has 1 fully saturated rings. The van der Waals surface area contributed by atoms with E-state index in [1.807, 2.05) is 20.8 Å². The normalized spacial score (nSPS) is 16.8. The van der Waals surface area contributed by atoms with Crippen molar-refractivity contribution < 1.29 is 9.53 Å². The smallest absolute Gasteiger partial charge is 0.410 e. The summed E-state index contributed by atoms with van der Waals surface area (Å²) in [6.45, 7) is 9.88. The first-order chi connectivity index (χ1) is 10.3. The fourth-order valence-corrected chi connectivity index (χ4v) is 4.17. The molecule has 0 radical (unpaired) electrons. The quantitative estimate of drug-likeness (QED) is 0.656. The van der Waals surface area contributed by atoms with Crippen LogP contribution in [-0.4, -0.2) is 70.2 Å². The number of nitrogens with one attached hydrogen (secondary N) is 1. The van der Waals surface area contributed by atoms with E-state index in [9.17, 15) is 4.79 Å². The summed E-state index contributed by atoms with van der Waals surface area (Å²) in [6.07, 6.45) is -0.210. The van der Waals surface area contributed by atoms with E-state index in [0.717, 1.165) is 42.8 Å². The second-order valence-electron chi connectivity index (χ2n) is 6.04. The first-order valence-electron chi connectivity index (χ1n) is 7.22. The zero-order chi connectivity index (χ0) is 16.2. The molecule has 1 aliphatic rings. The molecular weight excluding hydrogens is 340 g/mol. The number of carbonyl (C=O) groups is 1. The van der Waals surface area contributed by atoms with Crippen LogP contribution in [0.15, 0.2) is 4.34 Å². The maximum Gasteiger partial charge on any atom is 0.410 e. The van der Waals surface area contributed by atoms with E-state index < -0.39 is 5.60 Å². The van der Waals surface area contributed by atoms with Crippen LogP contribution in [0.4, 0.5) is 4.79 Å². The highest BCUT2D eigenvalue weighted by Crippen LogP contribution is 2.20. The maximum atomic E-state index is 12.0. The molecule has 0 aliphatic carbocycles. The predicted molar refractivity (Wildman–Crippen MR) is 92.3 cm³/mol. The summed E-state index contributed by atoms with van der Waals surface area (Å²) in [7, 11) is 0. The molecular formula is C13H22N4O2S3. The van der Waals surface area contributed by atoms with E-state index in [2.05, 4.69) is 15.1 Å². The number of thioether (sulfide) groups is 1. The molecule has 0 atom stereocenters. The summed E-state index contributed by atoms with van der Waals surface area (Å²) in [5, 5.41) is 6.92. The SMILES string of the molecule is CC(C)(C)OC(=O)N1CCN(CCSc2n[nH]c(=S)s2)CC1. The minimum atomic E-state index is -0.431. The number of carbonyl (C=O) groups excluding carboxylic acids is 1. The predicted octanol–water partition coefficient (Wildman–Crippen LogP) is 2.85. The number of aromatic amines is 1. The fraction of sp³-hybridized carbons (Fsp3) is 0.769. The molecule has 1 aromatic heterocycles. The molecule has 9 heteroatoms. The molecule has 0 spiro atoms. The Hall–Kier alpha value is -0.640. The molecule has 0 bridgehead atoms. The number of H-pyrrole nitrogens is 1. The van der Waals surface area contributed by atoms with E-state index in [4.69, 9.17) is 17.0 Å². The number of hydrogen-bond acceptors (Lipinski definition) is 7. The number of amides is 1. The maximum absolute atomic E-state index is 12.0. The zero-order valence-electron chi connectivity index (χ0n) is 13.1. The van der Waals surface area contributed by atoms with Gasteiger partial charge in [0.2, 0.25) is 0 Å². The standard InChI is InChI=1S/C13H22N4O2S3/c1-13(2,3)19-12(18)17-6-4-16(5-7-17)8-9-21-11-15-14-10(20)22-11/h4-9H2,1-3H3,(H,14,20). The zero-order valence-corrected chi connectivity index (χ0v) is 15.6. The van der Waals surface area contributed by atoms with E-state index in [-0.39, 0.29) is 6.09 Å². The minimum absolute atomic E-state index is 0.210. The Kier molecular flexibility index (Phi) is 6.25. The van der Waals surface area contributed by atoms with Gasteiger partial charge >= 0.3 is 6.09 Å². The van der Waals surface area contributed by atoms with Crippen molar-refractivity contribution in [3.63, 3.8) is 0 Å². The third-order valence-electron chi connectivity index (χ3n) is 3.08. The highest BCUT2D eigenvalue weighted by Gasteiger charge is 2.25. The number of nitrogens with zero attached hydrogens (tertiary/aromatic N) is 3. The minimum Gasteiger partial charge on any atom is -0.444 e. The summed E-state index contributed by atoms with van der Waals surface area (Å²) in [5.74, 6) is 0.975. The highest BCUT2D eigenvalue weighted by molar-refractivity contribution is 8.01. The van der Waals surface area contributed by atoms with Crippen molar-refractivity contribution in [3.8, 4) is 0 Å². The summed E-state index contributed by atoms with van der Waals surface area (Å²) in [4.78, 5) is 16.1. The van der Waals surface area contributed by atoms with Gasteiger partial charge in [0, 0.05) is 38.5 Å². The van der Waals surface area contributed by atoms with Gasteiger partial charge in [0.15, 0.2) is 8.29 Å². The second kappa shape index (κ2) is 7.76. The van der Waals surface area contributed by atoms with Crippen molar-refractivity contribution in [2.24, 2.45) is 0 Å². The van der Waals surface area contributed by atoms with Crippen LogP contribution >= 0.6 is 35.3 Å². The van der Waals surface area contributed by atoms with Crippen LogP contribution in [0.1, 0.15) is 20.8 Å². The number of piperazine rings is 1. The number of aromatic nitrogens is 2. The number of ether oxygens (including phenoxy) is 1. The van der Waals surface area contributed by atoms with Crippen molar-refractivity contribution >= 4 is 41.4 Å². The van der Waals surface area contributed by atoms with Gasteiger partial charge in [0.25, 0.3) is 0 Å². The van der Waals surface area contributed by atoms with E-state index in [0.29, 0.717) is 3.95 Å². The Morgan fingerprint density at radius 2 is 2.09 bits per heavy atom. The highest BCUT2D eigenvalue weighted by atomic mass is 32.2. The third-order valence-corrected chi connectivity index (χ3v) is 5.29. The van der Waals surface area contributed by atoms with Crippen molar-refractivity contribution in [1.82, 2.24) is 20.0 Å². The molecule has 1 N–H and O–H groups in total. The van der Waals surface area contributed by atoms with Crippen LogP contribution in [-0.2, 0) is 4.74 Å². The lowest BCUT2D eigenvalue weighted by Crippen LogP contribution is -2.50.